The summed E-state index contributed by atoms with van der Waals surface area (Å²) in [5.41, 5.74) is 9.11. The topological polar surface area (TPSA) is 4.93 Å². The number of benzene rings is 4. The van der Waals surface area contributed by atoms with Crippen molar-refractivity contribution in [1.29, 1.82) is 0 Å². The van der Waals surface area contributed by atoms with Crippen LogP contribution in [0.1, 0.15) is 28.1 Å². The Balaban J connectivity index is 1.65. The van der Waals surface area contributed by atoms with Crippen LogP contribution >= 0.6 is 11.6 Å². The standard InChI is InChI=1S/C31H26ClN/c32-28-18-16-25(17-19-28)20-29-22-30(27-14-8-3-9-15-27)31(21-24-10-4-1-5-11-24)33(29)23-26-12-6-2-7-13-26/h1-19,22H,20-21,23H2. The summed E-state index contributed by atoms with van der Waals surface area (Å²) in [4.78, 5) is 0. The van der Waals surface area contributed by atoms with Crippen molar-refractivity contribution < 1.29 is 0 Å². The molecule has 33 heavy (non-hydrogen) atoms. The van der Waals surface area contributed by atoms with Crippen LogP contribution in [0.4, 0.5) is 0 Å². The molecule has 5 aromatic rings. The van der Waals surface area contributed by atoms with Gasteiger partial charge < -0.3 is 4.57 Å². The lowest BCUT2D eigenvalue weighted by Gasteiger charge is -2.16. The minimum absolute atomic E-state index is 0.771. The van der Waals surface area contributed by atoms with Crippen LogP contribution in [-0.4, -0.2) is 4.57 Å². The molecule has 1 aromatic heterocycles. The molecule has 0 amide bonds. The van der Waals surface area contributed by atoms with Crippen LogP contribution in [0.5, 0.6) is 0 Å². The van der Waals surface area contributed by atoms with Crippen LogP contribution in [0.2, 0.25) is 5.02 Å². The molecule has 0 spiro atoms. The van der Waals surface area contributed by atoms with Gasteiger partial charge in [-0.1, -0.05) is 115 Å². The zero-order valence-corrected chi connectivity index (χ0v) is 19.2. The van der Waals surface area contributed by atoms with Gasteiger partial charge >= 0.3 is 0 Å². The number of hydrogen-bond donors (Lipinski definition) is 0. The van der Waals surface area contributed by atoms with Crippen LogP contribution in [0.25, 0.3) is 11.1 Å². The van der Waals surface area contributed by atoms with Gasteiger partial charge in [0.15, 0.2) is 0 Å². The third-order valence-electron chi connectivity index (χ3n) is 6.08. The first-order valence-electron chi connectivity index (χ1n) is 11.4. The van der Waals surface area contributed by atoms with Gasteiger partial charge in [0.25, 0.3) is 0 Å². The van der Waals surface area contributed by atoms with Gasteiger partial charge in [0.1, 0.15) is 0 Å². The largest absolute Gasteiger partial charge is 0.343 e. The summed E-state index contributed by atoms with van der Waals surface area (Å²) in [6, 6.07) is 42.8. The summed E-state index contributed by atoms with van der Waals surface area (Å²) in [7, 11) is 0. The van der Waals surface area contributed by atoms with E-state index in [9.17, 15) is 0 Å². The van der Waals surface area contributed by atoms with E-state index < -0.39 is 0 Å². The minimum Gasteiger partial charge on any atom is -0.343 e. The lowest BCUT2D eigenvalue weighted by Crippen LogP contribution is -2.10. The van der Waals surface area contributed by atoms with Crippen LogP contribution in [-0.2, 0) is 19.4 Å². The number of halogens is 1. The van der Waals surface area contributed by atoms with Gasteiger partial charge in [-0.25, -0.2) is 0 Å². The van der Waals surface area contributed by atoms with Crippen molar-refractivity contribution >= 4 is 11.6 Å². The predicted molar refractivity (Wildman–Crippen MR) is 139 cm³/mol. The van der Waals surface area contributed by atoms with Gasteiger partial charge in [-0.2, -0.15) is 0 Å². The average molecular weight is 448 g/mol. The Labute approximate surface area is 200 Å². The molecule has 1 heterocycles. The summed E-state index contributed by atoms with van der Waals surface area (Å²) in [6.07, 6.45) is 1.75. The maximum absolute atomic E-state index is 6.15. The molecule has 2 heteroatoms. The van der Waals surface area contributed by atoms with Gasteiger partial charge in [0.2, 0.25) is 0 Å². The van der Waals surface area contributed by atoms with Crippen LogP contribution in [0, 0.1) is 0 Å². The van der Waals surface area contributed by atoms with E-state index in [-0.39, 0.29) is 0 Å². The van der Waals surface area contributed by atoms with Crippen molar-refractivity contribution in [2.75, 3.05) is 0 Å². The number of nitrogens with zero attached hydrogens (tertiary/aromatic N) is 1. The van der Waals surface area contributed by atoms with Gasteiger partial charge in [-0.05, 0) is 40.5 Å². The molecule has 0 fully saturated rings. The molecule has 5 rings (SSSR count). The molecular formula is C31H26ClN. The second-order valence-corrected chi connectivity index (χ2v) is 8.84. The molecule has 0 aliphatic rings. The highest BCUT2D eigenvalue weighted by molar-refractivity contribution is 6.30. The highest BCUT2D eigenvalue weighted by Crippen LogP contribution is 2.31. The summed E-state index contributed by atoms with van der Waals surface area (Å²) < 4.78 is 2.51. The Morgan fingerprint density at radius 1 is 0.545 bits per heavy atom. The van der Waals surface area contributed by atoms with Gasteiger partial charge in [0.05, 0.1) is 0 Å². The van der Waals surface area contributed by atoms with Gasteiger partial charge in [-0.3, -0.25) is 0 Å². The van der Waals surface area contributed by atoms with E-state index in [0.29, 0.717) is 0 Å². The van der Waals surface area contributed by atoms with Gasteiger partial charge in [-0.15, -0.1) is 0 Å². The molecular weight excluding hydrogens is 422 g/mol. The second kappa shape index (κ2) is 9.94. The van der Waals surface area contributed by atoms with E-state index in [1.54, 1.807) is 0 Å². The number of aromatic nitrogens is 1. The van der Waals surface area contributed by atoms with Crippen LogP contribution < -0.4 is 0 Å². The van der Waals surface area contributed by atoms with E-state index in [1.165, 1.54) is 39.2 Å². The second-order valence-electron chi connectivity index (χ2n) is 8.40. The molecule has 1 nitrogen and oxygen atoms in total. The fourth-order valence-electron chi connectivity index (χ4n) is 4.41. The van der Waals surface area contributed by atoms with E-state index in [0.717, 1.165) is 24.4 Å². The van der Waals surface area contributed by atoms with Gasteiger partial charge in [0, 0.05) is 41.4 Å². The monoisotopic (exact) mass is 447 g/mol. The van der Waals surface area contributed by atoms with E-state index in [4.69, 9.17) is 11.6 Å². The predicted octanol–water partition coefficient (Wildman–Crippen LogP) is 8.04. The molecule has 0 saturated carbocycles. The number of hydrogen-bond acceptors (Lipinski definition) is 0. The summed E-state index contributed by atoms with van der Waals surface area (Å²) >= 11 is 6.15. The third kappa shape index (κ3) is 5.10. The SMILES string of the molecule is Clc1ccc(Cc2cc(-c3ccccc3)c(Cc3ccccc3)n2Cc2ccccc2)cc1. The minimum atomic E-state index is 0.771. The Morgan fingerprint density at radius 2 is 1.09 bits per heavy atom. The molecule has 4 aromatic carbocycles. The maximum atomic E-state index is 6.15. The molecule has 0 N–H and O–H groups in total. The molecule has 0 unspecified atom stereocenters. The smallest absolute Gasteiger partial charge is 0.0476 e. The van der Waals surface area contributed by atoms with E-state index in [1.807, 2.05) is 12.1 Å². The molecule has 0 aliphatic carbocycles. The van der Waals surface area contributed by atoms with Crippen molar-refractivity contribution in [1.82, 2.24) is 4.57 Å². The quantitative estimate of drug-likeness (QED) is 0.238. The van der Waals surface area contributed by atoms with Crippen LogP contribution in [0.3, 0.4) is 0 Å². The van der Waals surface area contributed by atoms with Crippen molar-refractivity contribution in [3.63, 3.8) is 0 Å². The van der Waals surface area contributed by atoms with Crippen molar-refractivity contribution in [2.45, 2.75) is 19.4 Å². The zero-order chi connectivity index (χ0) is 22.5. The summed E-state index contributed by atoms with van der Waals surface area (Å²) in [5, 5.41) is 0.771. The Kier molecular flexibility index (Phi) is 6.41. The fourth-order valence-corrected chi connectivity index (χ4v) is 4.54. The zero-order valence-electron chi connectivity index (χ0n) is 18.5. The lowest BCUT2D eigenvalue weighted by molar-refractivity contribution is 0.720. The first kappa shape index (κ1) is 21.3. The third-order valence-corrected chi connectivity index (χ3v) is 6.33. The molecule has 0 atom stereocenters. The summed E-state index contributed by atoms with van der Waals surface area (Å²) in [6.45, 7) is 0.846. The molecule has 0 aliphatic heterocycles. The molecule has 0 radical (unpaired) electrons. The Bertz CT molecular complexity index is 1300. The average Bonchev–Trinajstić information content (AvgIpc) is 3.19. The fraction of sp³-hybridized carbons (Fsp3) is 0.0968. The molecule has 0 saturated heterocycles. The van der Waals surface area contributed by atoms with Crippen LogP contribution in [0.15, 0.2) is 121 Å². The van der Waals surface area contributed by atoms with E-state index in [2.05, 4.69) is 114 Å². The highest BCUT2D eigenvalue weighted by Gasteiger charge is 2.18. The maximum Gasteiger partial charge on any atom is 0.0476 e. The normalized spacial score (nSPS) is 10.9. The summed E-state index contributed by atoms with van der Waals surface area (Å²) in [5.74, 6) is 0. The molecule has 162 valence electrons. The van der Waals surface area contributed by atoms with Crippen molar-refractivity contribution in [2.24, 2.45) is 0 Å². The first-order valence-corrected chi connectivity index (χ1v) is 11.7. The van der Waals surface area contributed by atoms with Crippen molar-refractivity contribution in [3.8, 4) is 11.1 Å². The highest BCUT2D eigenvalue weighted by atomic mass is 35.5. The number of rotatable bonds is 7. The lowest BCUT2D eigenvalue weighted by atomic mass is 10.0. The molecule has 0 bridgehead atoms. The Hall–Kier alpha value is -3.55. The Morgan fingerprint density at radius 3 is 1.73 bits per heavy atom. The van der Waals surface area contributed by atoms with E-state index >= 15 is 0 Å². The first-order chi connectivity index (χ1) is 16.3. The van der Waals surface area contributed by atoms with Crippen molar-refractivity contribution in [3.05, 3.63) is 154 Å².